The summed E-state index contributed by atoms with van der Waals surface area (Å²) >= 11 is 6.89. The van der Waals surface area contributed by atoms with Gasteiger partial charge in [0, 0.05) is 16.6 Å². The highest BCUT2D eigenvalue weighted by molar-refractivity contribution is 7.93. The highest BCUT2D eigenvalue weighted by Gasteiger charge is 2.18. The lowest BCUT2D eigenvalue weighted by Gasteiger charge is -2.07. The molecular weight excluding hydrogens is 282 g/mol. The second-order valence-electron chi connectivity index (χ2n) is 3.12. The molecule has 0 atom stereocenters. The van der Waals surface area contributed by atoms with E-state index in [9.17, 15) is 8.42 Å². The molecule has 90 valence electrons. The van der Waals surface area contributed by atoms with Crippen molar-refractivity contribution in [3.8, 4) is 0 Å². The molecule has 0 aliphatic heterocycles. The summed E-state index contributed by atoms with van der Waals surface area (Å²) in [5.41, 5.74) is 5.71. The molecule has 0 radical (unpaired) electrons. The zero-order chi connectivity index (χ0) is 12.5. The molecule has 0 spiro atoms. The molecule has 0 aliphatic rings. The van der Waals surface area contributed by atoms with Crippen LogP contribution in [-0.2, 0) is 10.0 Å². The monoisotopic (exact) mass is 289 g/mol. The maximum Gasteiger partial charge on any atom is 0.265 e. The van der Waals surface area contributed by atoms with Crippen LogP contribution in [0.2, 0.25) is 5.02 Å². The number of halogens is 1. The van der Waals surface area contributed by atoms with Gasteiger partial charge in [-0.3, -0.25) is 4.72 Å². The molecule has 0 amide bonds. The summed E-state index contributed by atoms with van der Waals surface area (Å²) < 4.78 is 26.3. The van der Waals surface area contributed by atoms with Crippen molar-refractivity contribution in [2.45, 2.75) is 4.90 Å². The Balaban J connectivity index is 2.38. The Hall–Kier alpha value is -1.31. The molecule has 1 aromatic heterocycles. The molecule has 3 N–H and O–H groups in total. The van der Waals surface area contributed by atoms with Crippen molar-refractivity contribution < 1.29 is 8.42 Å². The zero-order valence-corrected chi connectivity index (χ0v) is 10.8. The Labute approximate surface area is 107 Å². The number of nitrogens with two attached hydrogens (primary N) is 1. The van der Waals surface area contributed by atoms with E-state index >= 15 is 0 Å². The summed E-state index contributed by atoms with van der Waals surface area (Å²) in [6.07, 6.45) is 1.51. The van der Waals surface area contributed by atoms with Gasteiger partial charge in [0.05, 0.1) is 5.69 Å². The van der Waals surface area contributed by atoms with Crippen molar-refractivity contribution in [1.82, 2.24) is 4.98 Å². The lowest BCUT2D eigenvalue weighted by atomic mass is 10.3. The minimum absolute atomic E-state index is 0.0166. The van der Waals surface area contributed by atoms with E-state index in [1.165, 1.54) is 35.7 Å². The lowest BCUT2D eigenvalue weighted by molar-refractivity contribution is 0.601. The van der Waals surface area contributed by atoms with Crippen molar-refractivity contribution in [2.75, 3.05) is 10.5 Å². The number of hydrogen-bond donors (Lipinski definition) is 2. The molecule has 0 saturated carbocycles. The van der Waals surface area contributed by atoms with Crippen molar-refractivity contribution in [3.63, 3.8) is 0 Å². The van der Waals surface area contributed by atoms with Crippen molar-refractivity contribution in [2.24, 2.45) is 0 Å². The van der Waals surface area contributed by atoms with Crippen LogP contribution in [0, 0.1) is 0 Å². The molecule has 0 fully saturated rings. The molecule has 8 heteroatoms. The van der Waals surface area contributed by atoms with Gasteiger partial charge in [0.2, 0.25) is 0 Å². The molecule has 1 heterocycles. The van der Waals surface area contributed by atoms with Gasteiger partial charge in [-0.05, 0) is 18.2 Å². The summed E-state index contributed by atoms with van der Waals surface area (Å²) in [7, 11) is -3.72. The molecule has 2 rings (SSSR count). The van der Waals surface area contributed by atoms with Crippen molar-refractivity contribution in [1.29, 1.82) is 0 Å². The normalized spacial score (nSPS) is 11.4. The molecule has 1 aromatic carbocycles. The summed E-state index contributed by atoms with van der Waals surface area (Å²) in [6.45, 7) is 0. The maximum absolute atomic E-state index is 12.0. The van der Waals surface area contributed by atoms with Crippen LogP contribution in [0.3, 0.4) is 0 Å². The third-order valence-electron chi connectivity index (χ3n) is 1.92. The summed E-state index contributed by atoms with van der Waals surface area (Å²) in [5, 5.41) is 2.35. The van der Waals surface area contributed by atoms with Crippen LogP contribution < -0.4 is 10.5 Å². The van der Waals surface area contributed by atoms with Crippen LogP contribution >= 0.6 is 22.9 Å². The Bertz CT molecular complexity index is 626. The fraction of sp³-hybridized carbons (Fsp3) is 0. The lowest BCUT2D eigenvalue weighted by Crippen LogP contribution is -2.14. The van der Waals surface area contributed by atoms with Crippen LogP contribution in [0.1, 0.15) is 0 Å². The van der Waals surface area contributed by atoms with Gasteiger partial charge in [-0.1, -0.05) is 11.6 Å². The van der Waals surface area contributed by atoms with E-state index < -0.39 is 10.0 Å². The molecule has 5 nitrogen and oxygen atoms in total. The molecule has 0 saturated heterocycles. The quantitative estimate of drug-likeness (QED) is 0.848. The third kappa shape index (κ3) is 2.68. The van der Waals surface area contributed by atoms with Gasteiger partial charge in [-0.25, -0.2) is 13.4 Å². The highest BCUT2D eigenvalue weighted by Crippen LogP contribution is 2.25. The summed E-state index contributed by atoms with van der Waals surface area (Å²) in [5.74, 6) is 0. The first-order chi connectivity index (χ1) is 7.99. The predicted octanol–water partition coefficient (Wildman–Crippen LogP) is 2.18. The first-order valence-corrected chi connectivity index (χ1v) is 7.20. The number of nitrogen functional groups attached to an aromatic ring is 1. The van der Waals surface area contributed by atoms with E-state index in [1.807, 2.05) is 0 Å². The smallest absolute Gasteiger partial charge is 0.265 e. The van der Waals surface area contributed by atoms with Gasteiger partial charge < -0.3 is 5.73 Å². The Morgan fingerprint density at radius 3 is 2.76 bits per heavy atom. The summed E-state index contributed by atoms with van der Waals surface area (Å²) in [4.78, 5) is 3.82. The van der Waals surface area contributed by atoms with Crippen LogP contribution in [0.5, 0.6) is 0 Å². The van der Waals surface area contributed by atoms with Crippen LogP contribution in [0.15, 0.2) is 34.7 Å². The Kier molecular flexibility index (Phi) is 3.23. The van der Waals surface area contributed by atoms with Crippen LogP contribution in [0.25, 0.3) is 0 Å². The molecule has 0 unspecified atom stereocenters. The van der Waals surface area contributed by atoms with Gasteiger partial charge in [0.25, 0.3) is 10.0 Å². The number of rotatable bonds is 3. The minimum Gasteiger partial charge on any atom is -0.398 e. The SMILES string of the molecule is Nc1cc(Cl)ccc1S(=O)(=O)Nc1nccs1. The van der Waals surface area contributed by atoms with E-state index in [-0.39, 0.29) is 10.6 Å². The largest absolute Gasteiger partial charge is 0.398 e. The van der Waals surface area contributed by atoms with E-state index in [1.54, 1.807) is 5.38 Å². The number of aromatic nitrogens is 1. The van der Waals surface area contributed by atoms with Crippen molar-refractivity contribution in [3.05, 3.63) is 34.8 Å². The number of benzene rings is 1. The molecule has 17 heavy (non-hydrogen) atoms. The van der Waals surface area contributed by atoms with Crippen LogP contribution in [-0.4, -0.2) is 13.4 Å². The fourth-order valence-corrected chi connectivity index (χ4v) is 3.29. The van der Waals surface area contributed by atoms with E-state index in [4.69, 9.17) is 17.3 Å². The highest BCUT2D eigenvalue weighted by atomic mass is 35.5. The minimum atomic E-state index is -3.72. The summed E-state index contributed by atoms with van der Waals surface area (Å²) in [6, 6.07) is 4.21. The fourth-order valence-electron chi connectivity index (χ4n) is 1.21. The average molecular weight is 290 g/mol. The second kappa shape index (κ2) is 4.52. The van der Waals surface area contributed by atoms with Gasteiger partial charge in [0.1, 0.15) is 4.90 Å². The van der Waals surface area contributed by atoms with Crippen molar-refractivity contribution >= 4 is 43.8 Å². The Morgan fingerprint density at radius 1 is 1.41 bits per heavy atom. The topological polar surface area (TPSA) is 85.1 Å². The van der Waals surface area contributed by atoms with E-state index in [2.05, 4.69) is 9.71 Å². The standard InChI is InChI=1S/C9H8ClN3O2S2/c10-6-1-2-8(7(11)5-6)17(14,15)13-9-12-3-4-16-9/h1-5H,11H2,(H,12,13). The van der Waals surface area contributed by atoms with E-state index in [0.717, 1.165) is 0 Å². The predicted molar refractivity (Wildman–Crippen MR) is 68.8 cm³/mol. The number of sulfonamides is 1. The van der Waals surface area contributed by atoms with E-state index in [0.29, 0.717) is 10.2 Å². The van der Waals surface area contributed by atoms with Gasteiger partial charge >= 0.3 is 0 Å². The molecular formula is C9H8ClN3O2S2. The van der Waals surface area contributed by atoms with Gasteiger partial charge in [-0.2, -0.15) is 0 Å². The number of anilines is 2. The first-order valence-electron chi connectivity index (χ1n) is 4.46. The third-order valence-corrected chi connectivity index (χ3v) is 4.38. The number of hydrogen-bond acceptors (Lipinski definition) is 5. The number of nitrogens with one attached hydrogen (secondary N) is 1. The van der Waals surface area contributed by atoms with Gasteiger partial charge in [-0.15, -0.1) is 11.3 Å². The molecule has 2 aromatic rings. The average Bonchev–Trinajstić information content (AvgIpc) is 2.68. The Morgan fingerprint density at radius 2 is 2.18 bits per heavy atom. The maximum atomic E-state index is 12.0. The molecule has 0 bridgehead atoms. The first kappa shape index (κ1) is 12.2. The van der Waals surface area contributed by atoms with Crippen LogP contribution in [0.4, 0.5) is 10.8 Å². The zero-order valence-electron chi connectivity index (χ0n) is 8.42. The number of nitrogens with zero attached hydrogens (tertiary/aromatic N) is 1. The second-order valence-corrected chi connectivity index (χ2v) is 6.11. The van der Waals surface area contributed by atoms with Gasteiger partial charge in [0.15, 0.2) is 5.13 Å². The molecule has 0 aliphatic carbocycles. The number of thiazole rings is 1.